The molecule has 0 aromatic carbocycles. The molecule has 0 spiro atoms. The van der Waals surface area contributed by atoms with E-state index in [1.54, 1.807) is 6.08 Å². The summed E-state index contributed by atoms with van der Waals surface area (Å²) in [5.74, 6) is -1.20. The molecule has 0 bridgehead atoms. The summed E-state index contributed by atoms with van der Waals surface area (Å²) in [6, 6.07) is 0. The van der Waals surface area contributed by atoms with Crippen LogP contribution in [0.2, 0.25) is 0 Å². The van der Waals surface area contributed by atoms with Crippen molar-refractivity contribution in [3.63, 3.8) is 0 Å². The second kappa shape index (κ2) is 35.9. The molecule has 0 heterocycles. The number of ether oxygens (including phenoxy) is 2. The fourth-order valence-electron chi connectivity index (χ4n) is 6.51. The van der Waals surface area contributed by atoms with Crippen LogP contribution in [0, 0.1) is 0 Å². The van der Waals surface area contributed by atoms with Crippen LogP contribution in [0.4, 0.5) is 0 Å². The Hall–Kier alpha value is -2.49. The first-order valence-corrected chi connectivity index (χ1v) is 24.2. The second-order valence-electron chi connectivity index (χ2n) is 15.7. The lowest BCUT2D eigenvalue weighted by Gasteiger charge is -2.41. The second-order valence-corrected chi connectivity index (χ2v) is 17.1. The van der Waals surface area contributed by atoms with Crippen LogP contribution in [0.15, 0.2) is 60.8 Å². The van der Waals surface area contributed by atoms with Gasteiger partial charge in [0.1, 0.15) is 43.2 Å². The average Bonchev–Trinajstić information content (AvgIpc) is 3.24. The Bertz CT molecular complexity index is 1320. The highest BCUT2D eigenvalue weighted by molar-refractivity contribution is 7.47. The van der Waals surface area contributed by atoms with Crippen molar-refractivity contribution < 1.29 is 68.2 Å². The molecule has 1 aliphatic rings. The molecule has 15 heteroatoms. The van der Waals surface area contributed by atoms with Crippen LogP contribution in [-0.2, 0) is 32.7 Å². The minimum absolute atomic E-state index is 0.00372. The maximum Gasteiger partial charge on any atom is 0.472 e. The van der Waals surface area contributed by atoms with Crippen LogP contribution in [0.3, 0.4) is 0 Å². The molecule has 0 aromatic rings. The molecule has 1 rings (SSSR count). The Kier molecular flexibility index (Phi) is 33.3. The predicted octanol–water partition coefficient (Wildman–Crippen LogP) is 7.53. The number of hydrogen-bond donors (Lipinski definition) is 7. The van der Waals surface area contributed by atoms with E-state index >= 15 is 0 Å². The van der Waals surface area contributed by atoms with Crippen LogP contribution in [-0.4, -0.2) is 110 Å². The predicted molar refractivity (Wildman–Crippen MR) is 236 cm³/mol. The summed E-state index contributed by atoms with van der Waals surface area (Å²) in [6.07, 6.45) is 26.0. The third-order valence-corrected chi connectivity index (χ3v) is 11.2. The third kappa shape index (κ3) is 28.7. The van der Waals surface area contributed by atoms with Crippen molar-refractivity contribution in [3.05, 3.63) is 60.8 Å². The van der Waals surface area contributed by atoms with Crippen molar-refractivity contribution in [3.8, 4) is 0 Å². The Balaban J connectivity index is 2.53. The minimum Gasteiger partial charge on any atom is -0.462 e. The summed E-state index contributed by atoms with van der Waals surface area (Å²) in [5.41, 5.74) is 0. The lowest BCUT2D eigenvalue weighted by molar-refractivity contribution is -0.220. The van der Waals surface area contributed by atoms with Gasteiger partial charge < -0.3 is 45.0 Å². The Morgan fingerprint density at radius 2 is 1.11 bits per heavy atom. The summed E-state index contributed by atoms with van der Waals surface area (Å²) in [6.45, 7) is 3.03. The molecule has 1 aliphatic carbocycles. The smallest absolute Gasteiger partial charge is 0.462 e. The summed E-state index contributed by atoms with van der Waals surface area (Å²) in [5, 5.41) is 60.0. The number of aliphatic hydroxyl groups is 6. The van der Waals surface area contributed by atoms with Crippen LogP contribution < -0.4 is 0 Å². The monoisotopic (exact) mass is 887 g/mol. The lowest BCUT2D eigenvalue weighted by atomic mass is 9.85. The van der Waals surface area contributed by atoms with Gasteiger partial charge in [0.05, 0.1) is 12.7 Å². The number of hydrogen-bond acceptors (Lipinski definition) is 13. The van der Waals surface area contributed by atoms with E-state index in [1.165, 1.54) is 64.2 Å². The van der Waals surface area contributed by atoms with Gasteiger partial charge in [0, 0.05) is 12.8 Å². The van der Waals surface area contributed by atoms with Crippen molar-refractivity contribution >= 4 is 19.8 Å². The molecular weight excluding hydrogens is 807 g/mol. The number of carbonyl (C=O) groups is 2. The van der Waals surface area contributed by atoms with Gasteiger partial charge in [-0.1, -0.05) is 158 Å². The quantitative estimate of drug-likeness (QED) is 0.0106. The molecular formula is C46H79O14P. The zero-order valence-electron chi connectivity index (χ0n) is 36.8. The van der Waals surface area contributed by atoms with Gasteiger partial charge in [0.15, 0.2) is 6.10 Å². The third-order valence-electron chi connectivity index (χ3n) is 10.2. The van der Waals surface area contributed by atoms with Gasteiger partial charge in [-0.2, -0.15) is 0 Å². The van der Waals surface area contributed by atoms with Crippen molar-refractivity contribution in [1.82, 2.24) is 0 Å². The molecule has 0 aliphatic heterocycles. The number of allylic oxidation sites excluding steroid dienone is 8. The molecule has 7 unspecified atom stereocenters. The van der Waals surface area contributed by atoms with Gasteiger partial charge in [-0.05, 0) is 44.9 Å². The number of phosphoric acid groups is 1. The van der Waals surface area contributed by atoms with Gasteiger partial charge in [0.2, 0.25) is 0 Å². The van der Waals surface area contributed by atoms with Gasteiger partial charge in [-0.3, -0.25) is 18.6 Å². The maximum atomic E-state index is 12.8. The Morgan fingerprint density at radius 1 is 0.607 bits per heavy atom. The van der Waals surface area contributed by atoms with Crippen LogP contribution in [0.5, 0.6) is 0 Å². The van der Waals surface area contributed by atoms with Gasteiger partial charge in [0.25, 0.3) is 0 Å². The van der Waals surface area contributed by atoms with E-state index < -0.39 is 81.8 Å². The van der Waals surface area contributed by atoms with Crippen molar-refractivity contribution in [2.24, 2.45) is 0 Å². The zero-order valence-corrected chi connectivity index (χ0v) is 37.7. The molecule has 14 nitrogen and oxygen atoms in total. The highest BCUT2D eigenvalue weighted by Crippen LogP contribution is 2.47. The minimum atomic E-state index is -5.15. The van der Waals surface area contributed by atoms with E-state index in [-0.39, 0.29) is 12.8 Å². The lowest BCUT2D eigenvalue weighted by Crippen LogP contribution is -2.64. The Morgan fingerprint density at radius 3 is 1.69 bits per heavy atom. The molecule has 0 radical (unpaired) electrons. The molecule has 61 heavy (non-hydrogen) atoms. The largest absolute Gasteiger partial charge is 0.472 e. The number of esters is 2. The van der Waals surface area contributed by atoms with Crippen LogP contribution in [0.25, 0.3) is 0 Å². The summed E-state index contributed by atoms with van der Waals surface area (Å²) < 4.78 is 33.4. The van der Waals surface area contributed by atoms with E-state index in [1.807, 2.05) is 61.6 Å². The zero-order chi connectivity index (χ0) is 45.1. The summed E-state index contributed by atoms with van der Waals surface area (Å²) in [4.78, 5) is 35.6. The number of unbranched alkanes of at least 4 members (excludes halogenated alkanes) is 14. The average molecular weight is 887 g/mol. The van der Waals surface area contributed by atoms with E-state index in [2.05, 4.69) is 6.92 Å². The highest BCUT2D eigenvalue weighted by Gasteiger charge is 2.51. The van der Waals surface area contributed by atoms with Crippen LogP contribution >= 0.6 is 7.82 Å². The van der Waals surface area contributed by atoms with Crippen molar-refractivity contribution in [2.75, 3.05) is 13.2 Å². The van der Waals surface area contributed by atoms with Gasteiger partial charge in [-0.15, -0.1) is 0 Å². The molecule has 0 saturated heterocycles. The van der Waals surface area contributed by atoms with E-state index in [9.17, 15) is 49.7 Å². The molecule has 7 atom stereocenters. The molecule has 352 valence electrons. The first-order chi connectivity index (χ1) is 29.3. The fraction of sp³-hybridized carbons (Fsp3) is 0.739. The SMILES string of the molecule is CCC=CC=CC(O)CC=CCC=CCC=CCCCC(=O)OC(COC(=O)CCCCCCCCCCCCCCCC)COP(=O)(O)OC1C(O)C(O)C(O)C(O)C1O. The summed E-state index contributed by atoms with van der Waals surface area (Å²) >= 11 is 0. The molecule has 1 fully saturated rings. The molecule has 1 saturated carbocycles. The number of carbonyl (C=O) groups excluding carboxylic acids is 2. The van der Waals surface area contributed by atoms with Gasteiger partial charge in [-0.25, -0.2) is 4.57 Å². The van der Waals surface area contributed by atoms with E-state index in [0.29, 0.717) is 32.1 Å². The highest BCUT2D eigenvalue weighted by atomic mass is 31.2. The number of phosphoric ester groups is 1. The van der Waals surface area contributed by atoms with E-state index in [0.717, 1.165) is 32.1 Å². The first-order valence-electron chi connectivity index (χ1n) is 22.7. The first kappa shape index (κ1) is 56.5. The van der Waals surface area contributed by atoms with Crippen molar-refractivity contribution in [2.45, 2.75) is 204 Å². The maximum absolute atomic E-state index is 12.8. The normalized spacial score (nSPS) is 23.1. The topological polar surface area (TPSA) is 230 Å². The molecule has 0 amide bonds. The van der Waals surface area contributed by atoms with E-state index in [4.69, 9.17) is 18.5 Å². The van der Waals surface area contributed by atoms with Crippen molar-refractivity contribution in [1.29, 1.82) is 0 Å². The number of aliphatic hydroxyl groups excluding tert-OH is 6. The molecule has 7 N–H and O–H groups in total. The van der Waals surface area contributed by atoms with Gasteiger partial charge >= 0.3 is 19.8 Å². The van der Waals surface area contributed by atoms with Crippen LogP contribution in [0.1, 0.15) is 155 Å². The molecule has 0 aromatic heterocycles. The summed E-state index contributed by atoms with van der Waals surface area (Å²) in [7, 11) is -5.15. The number of rotatable bonds is 36. The fourth-order valence-corrected chi connectivity index (χ4v) is 7.48. The standard InChI is InChI=1S/C46H79O14P/c1-3-5-7-9-10-11-12-13-14-15-19-22-25-29-33-39(48)57-35-38(36-58-61(55,56)60-46-44(53)42(51)41(50)43(52)45(46)54)59-40(49)34-30-26-23-20-17-16-18-21-24-28-32-37(47)31-27-8-6-4-2/h6,8,16,18,20,23-24,27-28,31,37-38,41-47,50-54H,3-5,7,9-15,17,19,21-22,25-26,29-30,32-36H2,1-2H3,(H,55,56). The Labute approximate surface area is 365 Å².